The molecule has 1 aromatic rings. The van der Waals surface area contributed by atoms with E-state index in [-0.39, 0.29) is 19.8 Å². The Morgan fingerprint density at radius 2 is 2.10 bits per heavy atom. The molecule has 0 aliphatic carbocycles. The number of hydrogen-bond donors (Lipinski definition) is 1. The fourth-order valence-electron chi connectivity index (χ4n) is 2.44. The molecule has 0 saturated carbocycles. The van der Waals surface area contributed by atoms with Gasteiger partial charge < -0.3 is 14.7 Å². The van der Waals surface area contributed by atoms with Crippen molar-refractivity contribution in [3.63, 3.8) is 0 Å². The van der Waals surface area contributed by atoms with Crippen molar-refractivity contribution in [3.8, 4) is 0 Å². The number of amides is 1. The zero-order valence-corrected chi connectivity index (χ0v) is 11.4. The van der Waals surface area contributed by atoms with Gasteiger partial charge in [0.05, 0.1) is 24.8 Å². The Labute approximate surface area is 120 Å². The van der Waals surface area contributed by atoms with E-state index >= 15 is 0 Å². The minimum atomic E-state index is -1.23. The summed E-state index contributed by atoms with van der Waals surface area (Å²) in [5.41, 5.74) is -0.409. The SMILES string of the molecule is CCN(C(=O)c1cccc(F)c1F)C1COCC1C(=O)O. The van der Waals surface area contributed by atoms with Crippen LogP contribution >= 0.6 is 0 Å². The third-order valence-electron chi connectivity index (χ3n) is 3.55. The average molecular weight is 299 g/mol. The molecule has 0 radical (unpaired) electrons. The number of benzene rings is 1. The van der Waals surface area contributed by atoms with Gasteiger partial charge in [0.15, 0.2) is 11.6 Å². The predicted molar refractivity (Wildman–Crippen MR) is 68.8 cm³/mol. The first-order valence-corrected chi connectivity index (χ1v) is 6.52. The molecule has 0 bridgehead atoms. The molecular formula is C14H15F2NO4. The molecule has 1 amide bonds. The molecule has 1 aromatic carbocycles. The Bertz CT molecular complexity index is 564. The van der Waals surface area contributed by atoms with Crippen LogP contribution in [0.4, 0.5) is 8.78 Å². The van der Waals surface area contributed by atoms with Gasteiger partial charge in [-0.15, -0.1) is 0 Å². The second-order valence-corrected chi connectivity index (χ2v) is 4.74. The van der Waals surface area contributed by atoms with E-state index in [1.54, 1.807) is 6.92 Å². The molecule has 7 heteroatoms. The molecule has 1 fully saturated rings. The van der Waals surface area contributed by atoms with E-state index in [4.69, 9.17) is 9.84 Å². The van der Waals surface area contributed by atoms with Gasteiger partial charge in [-0.2, -0.15) is 0 Å². The summed E-state index contributed by atoms with van der Waals surface area (Å²) in [6, 6.07) is 2.64. The van der Waals surface area contributed by atoms with E-state index in [1.807, 2.05) is 0 Å². The third-order valence-corrected chi connectivity index (χ3v) is 3.55. The number of carboxylic acid groups (broad SMARTS) is 1. The fraction of sp³-hybridized carbons (Fsp3) is 0.429. The molecule has 5 nitrogen and oxygen atoms in total. The maximum atomic E-state index is 13.7. The lowest BCUT2D eigenvalue weighted by atomic mass is 10.0. The Hall–Kier alpha value is -2.02. The van der Waals surface area contributed by atoms with Gasteiger partial charge in [-0.3, -0.25) is 9.59 Å². The van der Waals surface area contributed by atoms with Gasteiger partial charge in [0.2, 0.25) is 0 Å². The maximum Gasteiger partial charge on any atom is 0.311 e. The van der Waals surface area contributed by atoms with Crippen LogP contribution in [0.5, 0.6) is 0 Å². The van der Waals surface area contributed by atoms with E-state index in [2.05, 4.69) is 0 Å². The second-order valence-electron chi connectivity index (χ2n) is 4.74. The Kier molecular flexibility index (Phi) is 4.52. The molecule has 2 rings (SSSR count). The monoisotopic (exact) mass is 299 g/mol. The first-order valence-electron chi connectivity index (χ1n) is 6.52. The zero-order chi connectivity index (χ0) is 15.6. The predicted octanol–water partition coefficient (Wildman–Crippen LogP) is 1.53. The normalized spacial score (nSPS) is 21.3. The number of carboxylic acids is 1. The quantitative estimate of drug-likeness (QED) is 0.915. The fourth-order valence-corrected chi connectivity index (χ4v) is 2.44. The van der Waals surface area contributed by atoms with Crippen molar-refractivity contribution >= 4 is 11.9 Å². The number of ether oxygens (including phenoxy) is 1. The van der Waals surface area contributed by atoms with Crippen LogP contribution in [0.1, 0.15) is 17.3 Å². The van der Waals surface area contributed by atoms with Crippen molar-refractivity contribution in [2.75, 3.05) is 19.8 Å². The number of halogens is 2. The highest BCUT2D eigenvalue weighted by atomic mass is 19.2. The summed E-state index contributed by atoms with van der Waals surface area (Å²) in [7, 11) is 0. The Morgan fingerprint density at radius 3 is 2.71 bits per heavy atom. The highest BCUT2D eigenvalue weighted by Crippen LogP contribution is 2.23. The summed E-state index contributed by atoms with van der Waals surface area (Å²) in [5.74, 6) is -5.04. The first-order chi connectivity index (χ1) is 9.97. The highest BCUT2D eigenvalue weighted by Gasteiger charge is 2.40. The van der Waals surface area contributed by atoms with Crippen LogP contribution in [0.15, 0.2) is 18.2 Å². The summed E-state index contributed by atoms with van der Waals surface area (Å²) in [5, 5.41) is 9.13. The minimum Gasteiger partial charge on any atom is -0.481 e. The topological polar surface area (TPSA) is 66.8 Å². The lowest BCUT2D eigenvalue weighted by molar-refractivity contribution is -0.142. The van der Waals surface area contributed by atoms with Crippen LogP contribution in [0.3, 0.4) is 0 Å². The maximum absolute atomic E-state index is 13.7. The lowest BCUT2D eigenvalue weighted by Gasteiger charge is -2.29. The van der Waals surface area contributed by atoms with Gasteiger partial charge >= 0.3 is 5.97 Å². The molecule has 1 aliphatic heterocycles. The van der Waals surface area contributed by atoms with E-state index in [0.717, 1.165) is 6.07 Å². The molecule has 21 heavy (non-hydrogen) atoms. The van der Waals surface area contributed by atoms with Crippen molar-refractivity contribution < 1.29 is 28.2 Å². The summed E-state index contributed by atoms with van der Waals surface area (Å²) >= 11 is 0. The number of carbonyl (C=O) groups is 2. The number of likely N-dealkylation sites (N-methyl/N-ethyl adjacent to an activating group) is 1. The van der Waals surface area contributed by atoms with Gasteiger partial charge in [0, 0.05) is 6.54 Å². The van der Waals surface area contributed by atoms with Gasteiger partial charge in [0.25, 0.3) is 5.91 Å². The van der Waals surface area contributed by atoms with Gasteiger partial charge in [-0.25, -0.2) is 8.78 Å². The van der Waals surface area contributed by atoms with Crippen molar-refractivity contribution in [2.45, 2.75) is 13.0 Å². The number of nitrogens with zero attached hydrogens (tertiary/aromatic N) is 1. The van der Waals surface area contributed by atoms with Crippen LogP contribution in [0.2, 0.25) is 0 Å². The molecule has 114 valence electrons. The Morgan fingerprint density at radius 1 is 1.38 bits per heavy atom. The number of aliphatic carboxylic acids is 1. The van der Waals surface area contributed by atoms with Crippen LogP contribution < -0.4 is 0 Å². The standard InChI is InChI=1S/C14H15F2NO4/c1-2-17(11-7-21-6-9(11)14(19)20)13(18)8-4-3-5-10(15)12(8)16/h3-5,9,11H,2,6-7H2,1H3,(H,19,20). The van der Waals surface area contributed by atoms with Crippen molar-refractivity contribution in [3.05, 3.63) is 35.4 Å². The molecular weight excluding hydrogens is 284 g/mol. The van der Waals surface area contributed by atoms with Gasteiger partial charge in [-0.1, -0.05) is 6.07 Å². The third kappa shape index (κ3) is 2.87. The van der Waals surface area contributed by atoms with E-state index < -0.39 is 41.0 Å². The largest absolute Gasteiger partial charge is 0.481 e. The molecule has 1 N–H and O–H groups in total. The second kappa shape index (κ2) is 6.17. The van der Waals surface area contributed by atoms with Crippen LogP contribution in [-0.2, 0) is 9.53 Å². The van der Waals surface area contributed by atoms with Crippen LogP contribution in [0.25, 0.3) is 0 Å². The van der Waals surface area contributed by atoms with Gasteiger partial charge in [-0.05, 0) is 19.1 Å². The van der Waals surface area contributed by atoms with Crippen LogP contribution in [-0.4, -0.2) is 47.7 Å². The molecule has 1 aliphatic rings. The lowest BCUT2D eigenvalue weighted by Crippen LogP contribution is -2.46. The van der Waals surface area contributed by atoms with E-state index in [0.29, 0.717) is 0 Å². The molecule has 1 heterocycles. The Balaban J connectivity index is 2.30. The molecule has 0 aromatic heterocycles. The van der Waals surface area contributed by atoms with Crippen molar-refractivity contribution in [1.29, 1.82) is 0 Å². The van der Waals surface area contributed by atoms with Crippen molar-refractivity contribution in [1.82, 2.24) is 4.90 Å². The van der Waals surface area contributed by atoms with Crippen LogP contribution in [0, 0.1) is 17.6 Å². The number of rotatable bonds is 4. The minimum absolute atomic E-state index is 0.00455. The zero-order valence-electron chi connectivity index (χ0n) is 11.4. The number of hydrogen-bond acceptors (Lipinski definition) is 3. The summed E-state index contributed by atoms with van der Waals surface area (Å²) in [6.07, 6.45) is 0. The number of carbonyl (C=O) groups excluding carboxylic acids is 1. The molecule has 0 spiro atoms. The average Bonchev–Trinajstić information content (AvgIpc) is 2.92. The highest BCUT2D eigenvalue weighted by molar-refractivity contribution is 5.95. The van der Waals surface area contributed by atoms with Gasteiger partial charge in [0.1, 0.15) is 5.92 Å². The summed E-state index contributed by atoms with van der Waals surface area (Å²) < 4.78 is 32.1. The summed E-state index contributed by atoms with van der Waals surface area (Å²) in [4.78, 5) is 24.7. The smallest absolute Gasteiger partial charge is 0.311 e. The summed E-state index contributed by atoms with van der Waals surface area (Å²) in [6.45, 7) is 1.88. The van der Waals surface area contributed by atoms with E-state index in [9.17, 15) is 18.4 Å². The van der Waals surface area contributed by atoms with E-state index in [1.165, 1.54) is 17.0 Å². The molecule has 2 atom stereocenters. The molecule has 1 saturated heterocycles. The first kappa shape index (κ1) is 15.4. The van der Waals surface area contributed by atoms with Crippen molar-refractivity contribution in [2.24, 2.45) is 5.92 Å². The molecule has 2 unspecified atom stereocenters.